The molecule has 2 amide bonds. The molecule has 1 saturated carbocycles. The molecule has 386 valence electrons. The molecule has 2 saturated heterocycles. The van der Waals surface area contributed by atoms with Crippen LogP contribution in [0.4, 0.5) is 5.69 Å². The number of Topliss-reactive ketones (excluding diaryl/α,β-unsaturated/α-hetero) is 2. The molecule has 15 nitrogen and oxygen atoms in total. The molecule has 1 aromatic rings. The number of methoxy groups -OCH3 is 3. The van der Waals surface area contributed by atoms with Gasteiger partial charge in [0.2, 0.25) is 11.7 Å². The van der Waals surface area contributed by atoms with Crippen molar-refractivity contribution in [3.63, 3.8) is 0 Å². The van der Waals surface area contributed by atoms with Crippen molar-refractivity contribution in [3.8, 4) is 0 Å². The second-order valence-electron chi connectivity index (χ2n) is 20.8. The number of rotatable bonds is 11. The van der Waals surface area contributed by atoms with Crippen molar-refractivity contribution in [1.82, 2.24) is 4.90 Å². The van der Waals surface area contributed by atoms with Crippen molar-refractivity contribution in [3.05, 3.63) is 53.1 Å². The van der Waals surface area contributed by atoms with Crippen LogP contribution in [-0.2, 0) is 59.0 Å². The molecule has 4 aliphatic rings. The highest BCUT2D eigenvalue weighted by Gasteiger charge is 2.56. The molecule has 0 aromatic heterocycles. The van der Waals surface area contributed by atoms with Crippen LogP contribution in [0.25, 0.3) is 0 Å². The van der Waals surface area contributed by atoms with E-state index in [9.17, 15) is 34.2 Å². The Labute approximate surface area is 410 Å². The first-order valence-corrected chi connectivity index (χ1v) is 25.4. The minimum absolute atomic E-state index is 0.0120. The number of piperidine rings is 1. The maximum atomic E-state index is 14.6. The third kappa shape index (κ3) is 14.2. The van der Waals surface area contributed by atoms with Gasteiger partial charge >= 0.3 is 5.97 Å². The van der Waals surface area contributed by atoms with Gasteiger partial charge in [-0.15, -0.1) is 0 Å². The molecule has 3 N–H and O–H groups in total. The highest BCUT2D eigenvalue weighted by Crippen LogP contribution is 2.39. The minimum atomic E-state index is -2.52. The van der Waals surface area contributed by atoms with Crippen molar-refractivity contribution < 1.29 is 62.6 Å². The smallest absolute Gasteiger partial charge is 0.329 e. The van der Waals surface area contributed by atoms with Gasteiger partial charge in [-0.25, -0.2) is 4.79 Å². The molecule has 1 aromatic carbocycles. The van der Waals surface area contributed by atoms with Crippen LogP contribution in [0.15, 0.2) is 47.6 Å². The van der Waals surface area contributed by atoms with E-state index < -0.39 is 77.8 Å². The number of aliphatic hydroxyl groups excluding tert-OH is 1. The highest BCUT2D eigenvalue weighted by atomic mass is 16.7. The van der Waals surface area contributed by atoms with E-state index in [0.29, 0.717) is 62.8 Å². The molecule has 3 fully saturated rings. The predicted octanol–water partition coefficient (Wildman–Crippen LogP) is 7.29. The number of hydrogen-bond acceptors (Lipinski definition) is 13. The lowest BCUT2D eigenvalue weighted by Crippen LogP contribution is -2.64. The Morgan fingerprint density at radius 1 is 0.942 bits per heavy atom. The zero-order valence-corrected chi connectivity index (χ0v) is 43.1. The lowest BCUT2D eigenvalue weighted by molar-refractivity contribution is -0.302. The average molecular weight is 967 g/mol. The summed E-state index contributed by atoms with van der Waals surface area (Å²) in [7, 11) is 4.72. The number of esters is 1. The number of benzene rings is 1. The number of ketones is 2. The Bertz CT molecular complexity index is 1990. The number of ether oxygens (including phenoxy) is 6. The molecule has 14 atom stereocenters. The first-order chi connectivity index (χ1) is 32.7. The van der Waals surface area contributed by atoms with Gasteiger partial charge in [-0.3, -0.25) is 19.2 Å². The molecular formula is C54H82N2O13. The van der Waals surface area contributed by atoms with Crippen LogP contribution >= 0.6 is 0 Å². The Morgan fingerprint density at radius 3 is 2.30 bits per heavy atom. The average Bonchev–Trinajstić information content (AvgIpc) is 3.33. The minimum Gasteiger partial charge on any atom is -0.456 e. The van der Waals surface area contributed by atoms with Gasteiger partial charge < -0.3 is 48.9 Å². The topological polar surface area (TPSA) is 196 Å². The zero-order chi connectivity index (χ0) is 50.7. The number of anilines is 1. The number of amides is 2. The van der Waals surface area contributed by atoms with Crippen LogP contribution in [0.2, 0.25) is 0 Å². The van der Waals surface area contributed by atoms with Gasteiger partial charge in [0.1, 0.15) is 24.0 Å². The number of nitrogens with zero attached hydrogens (tertiary/aromatic N) is 1. The van der Waals surface area contributed by atoms with Crippen LogP contribution < -0.4 is 5.32 Å². The second kappa shape index (κ2) is 25.5. The summed E-state index contributed by atoms with van der Waals surface area (Å²) in [4.78, 5) is 70.8. The number of cyclic esters (lactones) is 1. The number of aliphatic hydroxyl groups is 2. The summed E-state index contributed by atoms with van der Waals surface area (Å²) in [5.74, 6) is -7.84. The third-order valence-electron chi connectivity index (χ3n) is 15.1. The van der Waals surface area contributed by atoms with E-state index in [-0.39, 0.29) is 67.5 Å². The quantitative estimate of drug-likeness (QED) is 0.114. The van der Waals surface area contributed by atoms with Gasteiger partial charge in [0, 0.05) is 63.7 Å². The van der Waals surface area contributed by atoms with Gasteiger partial charge in [0.05, 0.1) is 37.1 Å². The van der Waals surface area contributed by atoms with Crippen LogP contribution in [0.3, 0.4) is 0 Å². The maximum absolute atomic E-state index is 14.6. The summed E-state index contributed by atoms with van der Waals surface area (Å²) in [6, 6.07) is 6.44. The van der Waals surface area contributed by atoms with E-state index in [1.54, 1.807) is 21.0 Å². The van der Waals surface area contributed by atoms with Crippen LogP contribution in [-0.4, -0.2) is 127 Å². The first-order valence-electron chi connectivity index (χ1n) is 25.4. The molecule has 0 radical (unpaired) electrons. The summed E-state index contributed by atoms with van der Waals surface area (Å²) in [5.41, 5.74) is 3.28. The van der Waals surface area contributed by atoms with Crippen LogP contribution in [0.1, 0.15) is 132 Å². The third-order valence-corrected chi connectivity index (χ3v) is 15.1. The monoisotopic (exact) mass is 967 g/mol. The van der Waals surface area contributed by atoms with Crippen LogP contribution in [0.5, 0.6) is 0 Å². The Hall–Kier alpha value is -3.83. The standard InChI is InChI=1S/C54H82N2O13/c1-12-39-23-32(4)22-33(5)24-46(65-10)49-47(66-11)26-35(7)54(63,69-49)50(59)52(61)56-21-14-13-18-41(56)53(62)68-48(36(8)42(57)29-43(39)58)34(6)25-37-19-20-44(45(28-37)64-9)67-30-38-16-15-17-40(27-38)55-51(60)31(2)3/h15-17,23,25,27,31,33,35-37,39,41-42,44-49,57,63H,12-14,18-22,24,26,28-30H2,1-11H3,(H,55,60)/b32-23+,34-25?. The number of allylic oxidation sites excluding steroid dienone is 3. The number of nitrogens with one attached hydrogen (secondary N) is 1. The lowest BCUT2D eigenvalue weighted by atomic mass is 9.81. The molecule has 3 aliphatic heterocycles. The number of fused-ring (bicyclic) bond motifs is 3. The summed E-state index contributed by atoms with van der Waals surface area (Å²) in [5, 5.41) is 27.0. The van der Waals surface area contributed by atoms with Crippen molar-refractivity contribution >= 4 is 35.0 Å². The van der Waals surface area contributed by atoms with Gasteiger partial charge in [0.15, 0.2) is 0 Å². The zero-order valence-electron chi connectivity index (χ0n) is 43.1. The van der Waals surface area contributed by atoms with E-state index in [0.717, 1.165) is 17.6 Å². The van der Waals surface area contributed by atoms with E-state index >= 15 is 0 Å². The normalized spacial score (nSPS) is 35.9. The molecule has 14 unspecified atom stereocenters. The van der Waals surface area contributed by atoms with Crippen LogP contribution in [0, 0.1) is 35.5 Å². The summed E-state index contributed by atoms with van der Waals surface area (Å²) in [6.45, 7) is 15.3. The summed E-state index contributed by atoms with van der Waals surface area (Å²) >= 11 is 0. The number of hydrogen-bond donors (Lipinski definition) is 3. The molecule has 2 bridgehead atoms. The number of carbonyl (C=O) groups is 5. The Kier molecular flexibility index (Phi) is 20.7. The van der Waals surface area contributed by atoms with E-state index in [2.05, 4.69) is 18.3 Å². The van der Waals surface area contributed by atoms with Gasteiger partial charge in [-0.2, -0.15) is 0 Å². The molecule has 0 spiro atoms. The summed E-state index contributed by atoms with van der Waals surface area (Å²) < 4.78 is 36.9. The van der Waals surface area contributed by atoms with Crippen molar-refractivity contribution in [2.75, 3.05) is 33.2 Å². The number of carbonyl (C=O) groups excluding carboxylic acids is 5. The van der Waals surface area contributed by atoms with Crippen molar-refractivity contribution in [1.29, 1.82) is 0 Å². The molecule has 15 heteroatoms. The predicted molar refractivity (Wildman–Crippen MR) is 261 cm³/mol. The molecular weight excluding hydrogens is 885 g/mol. The summed E-state index contributed by atoms with van der Waals surface area (Å²) in [6.07, 6.45) is 4.31. The fourth-order valence-electron chi connectivity index (χ4n) is 10.8. The largest absolute Gasteiger partial charge is 0.456 e. The van der Waals surface area contributed by atoms with Gasteiger partial charge in [-0.05, 0) is 113 Å². The van der Waals surface area contributed by atoms with E-state index in [1.807, 2.05) is 65.0 Å². The molecule has 69 heavy (non-hydrogen) atoms. The molecule has 1 aliphatic carbocycles. The van der Waals surface area contributed by atoms with E-state index in [4.69, 9.17) is 28.4 Å². The second-order valence-corrected chi connectivity index (χ2v) is 20.8. The van der Waals surface area contributed by atoms with Gasteiger partial charge in [0.25, 0.3) is 11.7 Å². The first kappa shape index (κ1) is 56.1. The van der Waals surface area contributed by atoms with Crippen molar-refractivity contribution in [2.45, 2.75) is 187 Å². The molecule has 3 heterocycles. The fourth-order valence-corrected chi connectivity index (χ4v) is 10.8. The molecule has 5 rings (SSSR count). The Balaban J connectivity index is 1.43. The van der Waals surface area contributed by atoms with Crippen molar-refractivity contribution in [2.24, 2.45) is 35.5 Å². The lowest BCUT2D eigenvalue weighted by Gasteiger charge is -2.47. The van der Waals surface area contributed by atoms with E-state index in [1.165, 1.54) is 19.1 Å². The fraction of sp³-hybridized carbons (Fsp3) is 0.722. The Morgan fingerprint density at radius 2 is 1.64 bits per heavy atom. The van der Waals surface area contributed by atoms with Gasteiger partial charge in [-0.1, -0.05) is 71.4 Å². The maximum Gasteiger partial charge on any atom is 0.329 e. The highest BCUT2D eigenvalue weighted by molar-refractivity contribution is 6.39. The SMILES string of the molecule is CCC1/C=C(\C)CC(C)CC(OC)C2OC(O)(C(=O)C(=O)N3CCCCC3C(=O)OC(C(C)=CC3CCC(OCc4cccc(NC(=O)C(C)C)c4)C(OC)C3)C(C)C(O)CC1=O)C(C)CC2OC.